The van der Waals surface area contributed by atoms with Crippen LogP contribution in [0.25, 0.3) is 0 Å². The maximum atomic E-state index is 5.66. The van der Waals surface area contributed by atoms with E-state index in [1.807, 2.05) is 109 Å². The molecule has 4 aromatic carbocycles. The van der Waals surface area contributed by atoms with Crippen molar-refractivity contribution in [3.8, 4) is 11.5 Å². The van der Waals surface area contributed by atoms with E-state index in [4.69, 9.17) is 18.9 Å². The summed E-state index contributed by atoms with van der Waals surface area (Å²) in [4.78, 5) is 9.08. The molecule has 2 saturated heterocycles. The Balaban J connectivity index is 0.977. The number of epoxide rings is 2. The molecule has 0 aliphatic carbocycles. The normalized spacial score (nSPS) is 18.0. The smallest absolute Gasteiger partial charge is 0.119 e. The van der Waals surface area contributed by atoms with Gasteiger partial charge in [0.25, 0.3) is 0 Å². The summed E-state index contributed by atoms with van der Waals surface area (Å²) in [6, 6.07) is 30.9. The van der Waals surface area contributed by atoms with Crippen molar-refractivity contribution in [1.82, 2.24) is 0 Å². The van der Waals surface area contributed by atoms with Gasteiger partial charge >= 0.3 is 0 Å². The Morgan fingerprint density at radius 2 is 0.875 bits per heavy atom. The highest BCUT2D eigenvalue weighted by molar-refractivity contribution is 5.82. The molecule has 0 bridgehead atoms. The van der Waals surface area contributed by atoms with E-state index in [2.05, 4.69) is 20.2 Å². The zero-order valence-electron chi connectivity index (χ0n) is 21.8. The van der Waals surface area contributed by atoms with Gasteiger partial charge in [-0.15, -0.1) is 0 Å². The van der Waals surface area contributed by atoms with Gasteiger partial charge < -0.3 is 18.9 Å². The number of benzene rings is 4. The van der Waals surface area contributed by atoms with Gasteiger partial charge in [-0.3, -0.25) is 9.98 Å². The molecule has 0 spiro atoms. The first-order valence-corrected chi connectivity index (χ1v) is 13.1. The zero-order chi connectivity index (χ0) is 27.0. The van der Waals surface area contributed by atoms with Crippen LogP contribution in [0.5, 0.6) is 11.5 Å². The van der Waals surface area contributed by atoms with Crippen LogP contribution in [-0.2, 0) is 9.47 Å². The Labute approximate surface area is 232 Å². The fourth-order valence-electron chi connectivity index (χ4n) is 3.63. The third-order valence-corrected chi connectivity index (χ3v) is 6.14. The van der Waals surface area contributed by atoms with Gasteiger partial charge in [-0.05, 0) is 108 Å². The number of hydrogen-bond acceptors (Lipinski definition) is 8. The van der Waals surface area contributed by atoms with Crippen molar-refractivity contribution in [3.05, 3.63) is 108 Å². The molecule has 2 atom stereocenters. The highest BCUT2D eigenvalue weighted by Gasteiger charge is 2.23. The number of azo groups is 1. The van der Waals surface area contributed by atoms with Crippen LogP contribution in [0, 0.1) is 0 Å². The largest absolute Gasteiger partial charge is 0.491 e. The molecule has 4 aromatic rings. The van der Waals surface area contributed by atoms with E-state index in [9.17, 15) is 0 Å². The lowest BCUT2D eigenvalue weighted by Gasteiger charge is -2.03. The standard InChI is InChI=1S/C32H28N4O4/c1-13-29(37-19-31-21-39-31)14-2-23(1)17-33-25-5-9-27(10-6-25)35-36-28-11-7-26(8-12-28)34-18-24-3-15-30(16-4-24)38-20-32-22-40-32/h1-18,31-32H,19-22H2. The maximum Gasteiger partial charge on any atom is 0.119 e. The molecule has 2 heterocycles. The van der Waals surface area contributed by atoms with Gasteiger partial charge in [0.1, 0.15) is 36.9 Å². The second kappa shape index (κ2) is 12.5. The lowest BCUT2D eigenvalue weighted by molar-refractivity contribution is 0.263. The summed E-state index contributed by atoms with van der Waals surface area (Å²) >= 11 is 0. The second-order valence-electron chi connectivity index (χ2n) is 9.42. The summed E-state index contributed by atoms with van der Waals surface area (Å²) in [6.45, 7) is 2.78. The molecule has 8 nitrogen and oxygen atoms in total. The van der Waals surface area contributed by atoms with E-state index in [-0.39, 0.29) is 12.2 Å². The van der Waals surface area contributed by atoms with E-state index < -0.39 is 0 Å². The molecule has 0 saturated carbocycles. The van der Waals surface area contributed by atoms with E-state index in [0.29, 0.717) is 13.2 Å². The van der Waals surface area contributed by atoms with Crippen molar-refractivity contribution in [1.29, 1.82) is 0 Å². The monoisotopic (exact) mass is 532 g/mol. The maximum absolute atomic E-state index is 5.66. The molecule has 0 amide bonds. The lowest BCUT2D eigenvalue weighted by atomic mass is 10.2. The summed E-state index contributed by atoms with van der Waals surface area (Å²) in [5, 5.41) is 8.67. The first-order chi connectivity index (χ1) is 19.7. The van der Waals surface area contributed by atoms with E-state index in [1.165, 1.54) is 0 Å². The average molecular weight is 533 g/mol. The fourth-order valence-corrected chi connectivity index (χ4v) is 3.63. The molecule has 0 N–H and O–H groups in total. The predicted octanol–water partition coefficient (Wildman–Crippen LogP) is 7.16. The first-order valence-electron chi connectivity index (χ1n) is 13.1. The molecule has 2 aliphatic heterocycles. The first kappa shape index (κ1) is 25.6. The number of rotatable bonds is 12. The number of ether oxygens (including phenoxy) is 4. The highest BCUT2D eigenvalue weighted by atomic mass is 16.6. The van der Waals surface area contributed by atoms with Crippen LogP contribution in [0.4, 0.5) is 22.7 Å². The summed E-state index contributed by atoms with van der Waals surface area (Å²) in [5.74, 6) is 1.66. The topological polar surface area (TPSA) is 93.0 Å². The molecule has 6 rings (SSSR count). The lowest BCUT2D eigenvalue weighted by Crippen LogP contribution is -2.03. The van der Waals surface area contributed by atoms with Gasteiger partial charge in [0.15, 0.2) is 0 Å². The number of aliphatic imine (C=N–C) groups is 2. The Hall–Kier alpha value is -4.66. The van der Waals surface area contributed by atoms with E-state index in [0.717, 1.165) is 58.6 Å². The van der Waals surface area contributed by atoms with Gasteiger partial charge in [-0.2, -0.15) is 10.2 Å². The van der Waals surface area contributed by atoms with Crippen LogP contribution in [-0.4, -0.2) is 51.1 Å². The Bertz CT molecular complexity index is 1360. The van der Waals surface area contributed by atoms with Crippen LogP contribution >= 0.6 is 0 Å². The summed E-state index contributed by atoms with van der Waals surface area (Å²) in [7, 11) is 0. The van der Waals surface area contributed by atoms with Crippen molar-refractivity contribution >= 4 is 35.2 Å². The van der Waals surface area contributed by atoms with Gasteiger partial charge in [-0.1, -0.05) is 0 Å². The van der Waals surface area contributed by atoms with Crippen molar-refractivity contribution in [3.63, 3.8) is 0 Å². The van der Waals surface area contributed by atoms with Crippen molar-refractivity contribution < 1.29 is 18.9 Å². The SMILES string of the molecule is C(=Nc1ccc(N=Nc2ccc(N=Cc3ccc(OCC4CO4)cc3)cc2)cc1)c1ccc(OCC2CO2)cc1. The minimum atomic E-state index is 0.248. The third-order valence-electron chi connectivity index (χ3n) is 6.14. The van der Waals surface area contributed by atoms with Crippen LogP contribution in [0.15, 0.2) is 117 Å². The predicted molar refractivity (Wildman–Crippen MR) is 155 cm³/mol. The molecule has 40 heavy (non-hydrogen) atoms. The van der Waals surface area contributed by atoms with Gasteiger partial charge in [0, 0.05) is 12.4 Å². The second-order valence-corrected chi connectivity index (χ2v) is 9.42. The Morgan fingerprint density at radius 1 is 0.525 bits per heavy atom. The summed E-state index contributed by atoms with van der Waals surface area (Å²) in [6.07, 6.45) is 4.14. The van der Waals surface area contributed by atoms with Gasteiger partial charge in [0.05, 0.1) is 36.0 Å². The number of hydrogen-bond donors (Lipinski definition) is 0. The Morgan fingerprint density at radius 3 is 1.23 bits per heavy atom. The molecule has 2 fully saturated rings. The summed E-state index contributed by atoms with van der Waals surface area (Å²) < 4.78 is 21.6. The molecule has 0 radical (unpaired) electrons. The van der Waals surface area contributed by atoms with Crippen LogP contribution < -0.4 is 9.47 Å². The van der Waals surface area contributed by atoms with Crippen LogP contribution in [0.1, 0.15) is 11.1 Å². The quantitative estimate of drug-likeness (QED) is 0.110. The molecular formula is C32H28N4O4. The van der Waals surface area contributed by atoms with Crippen molar-refractivity contribution in [2.24, 2.45) is 20.2 Å². The van der Waals surface area contributed by atoms with E-state index >= 15 is 0 Å². The molecule has 2 unspecified atom stereocenters. The van der Waals surface area contributed by atoms with Crippen molar-refractivity contribution in [2.75, 3.05) is 26.4 Å². The minimum absolute atomic E-state index is 0.248. The average Bonchev–Trinajstić information content (AvgIpc) is 3.94. The number of nitrogens with zero attached hydrogens (tertiary/aromatic N) is 4. The summed E-state index contributed by atoms with van der Waals surface area (Å²) in [5.41, 5.74) is 5.16. The minimum Gasteiger partial charge on any atom is -0.491 e. The molecule has 2 aliphatic rings. The highest BCUT2D eigenvalue weighted by Crippen LogP contribution is 2.24. The molecule has 200 valence electrons. The Kier molecular flexibility index (Phi) is 7.98. The third kappa shape index (κ3) is 7.92. The van der Waals surface area contributed by atoms with Crippen molar-refractivity contribution in [2.45, 2.75) is 12.2 Å². The van der Waals surface area contributed by atoms with Crippen LogP contribution in [0.3, 0.4) is 0 Å². The van der Waals surface area contributed by atoms with Gasteiger partial charge in [0.2, 0.25) is 0 Å². The van der Waals surface area contributed by atoms with Gasteiger partial charge in [-0.25, -0.2) is 0 Å². The molecule has 0 aromatic heterocycles. The molecular weight excluding hydrogens is 504 g/mol. The molecule has 8 heteroatoms. The van der Waals surface area contributed by atoms with Crippen LogP contribution in [0.2, 0.25) is 0 Å². The van der Waals surface area contributed by atoms with E-state index in [1.54, 1.807) is 0 Å². The fraction of sp³-hybridized carbons (Fsp3) is 0.188. The zero-order valence-corrected chi connectivity index (χ0v) is 21.8.